The number of piperidine rings is 1. The first-order valence-corrected chi connectivity index (χ1v) is 7.24. The summed E-state index contributed by atoms with van der Waals surface area (Å²) in [6.07, 6.45) is 1.84. The van der Waals surface area contributed by atoms with Crippen LogP contribution in [-0.2, 0) is 0 Å². The lowest BCUT2D eigenvalue weighted by Gasteiger charge is -2.34. The lowest BCUT2D eigenvalue weighted by Crippen LogP contribution is -2.47. The minimum absolute atomic E-state index is 0.104. The Morgan fingerprint density at radius 2 is 2.00 bits per heavy atom. The molecule has 2 amide bonds. The predicted octanol–water partition coefficient (Wildman–Crippen LogP) is 1.99. The van der Waals surface area contributed by atoms with Gasteiger partial charge < -0.3 is 20.6 Å². The number of rotatable bonds is 4. The van der Waals surface area contributed by atoms with Crippen LogP contribution in [0.3, 0.4) is 0 Å². The zero-order valence-electron chi connectivity index (χ0n) is 12.1. The Kier molecular flexibility index (Phi) is 5.16. The monoisotopic (exact) mass is 291 g/mol. The second kappa shape index (κ2) is 7.08. The van der Waals surface area contributed by atoms with E-state index in [2.05, 4.69) is 10.6 Å². The third-order valence-corrected chi connectivity index (χ3v) is 3.75. The maximum absolute atomic E-state index is 12.4. The number of anilines is 1. The van der Waals surface area contributed by atoms with Gasteiger partial charge in [0.05, 0.1) is 11.3 Å². The van der Waals surface area contributed by atoms with Crippen molar-refractivity contribution >= 4 is 17.7 Å². The van der Waals surface area contributed by atoms with Crippen molar-refractivity contribution in [2.45, 2.75) is 25.8 Å². The Hall–Kier alpha value is -2.08. The maximum Gasteiger partial charge on any atom is 0.337 e. The number of carbonyl (C=O) groups is 2. The molecule has 1 aliphatic rings. The third-order valence-electron chi connectivity index (χ3n) is 3.75. The Bertz CT molecular complexity index is 513. The van der Waals surface area contributed by atoms with E-state index < -0.39 is 5.97 Å². The van der Waals surface area contributed by atoms with E-state index in [9.17, 15) is 9.59 Å². The van der Waals surface area contributed by atoms with Gasteiger partial charge in [-0.1, -0.05) is 12.1 Å². The van der Waals surface area contributed by atoms with Gasteiger partial charge in [-0.15, -0.1) is 0 Å². The summed E-state index contributed by atoms with van der Waals surface area (Å²) in [7, 11) is 0. The average Bonchev–Trinajstić information content (AvgIpc) is 2.49. The third kappa shape index (κ3) is 3.72. The number of carbonyl (C=O) groups excluding carboxylic acids is 1. The lowest BCUT2D eigenvalue weighted by molar-refractivity contribution is 0.0698. The standard InChI is InChI=1S/C15H21N3O3/c1-2-18(11-7-9-16-10-8-11)15(21)17-13-6-4-3-5-12(13)14(19)20/h3-6,11,16H,2,7-10H2,1H3,(H,17,21)(H,19,20). The number of carboxylic acids is 1. The summed E-state index contributed by atoms with van der Waals surface area (Å²) >= 11 is 0. The van der Waals surface area contributed by atoms with E-state index in [0.29, 0.717) is 12.2 Å². The van der Waals surface area contributed by atoms with E-state index in [4.69, 9.17) is 5.11 Å². The summed E-state index contributed by atoms with van der Waals surface area (Å²) < 4.78 is 0. The first-order valence-electron chi connectivity index (χ1n) is 7.24. The quantitative estimate of drug-likeness (QED) is 0.792. The molecule has 0 bridgehead atoms. The van der Waals surface area contributed by atoms with E-state index in [1.54, 1.807) is 23.1 Å². The van der Waals surface area contributed by atoms with Gasteiger partial charge in [-0.25, -0.2) is 9.59 Å². The van der Waals surface area contributed by atoms with Crippen LogP contribution >= 0.6 is 0 Å². The van der Waals surface area contributed by atoms with Crippen molar-refractivity contribution in [2.75, 3.05) is 25.0 Å². The molecule has 21 heavy (non-hydrogen) atoms. The van der Waals surface area contributed by atoms with Crippen LogP contribution in [0.2, 0.25) is 0 Å². The van der Waals surface area contributed by atoms with Crippen molar-refractivity contribution in [1.29, 1.82) is 0 Å². The highest BCUT2D eigenvalue weighted by Gasteiger charge is 2.24. The molecule has 1 heterocycles. The SMILES string of the molecule is CCN(C(=O)Nc1ccccc1C(=O)O)C1CCNCC1. The van der Waals surface area contributed by atoms with Gasteiger partial charge in [-0.3, -0.25) is 0 Å². The number of hydrogen-bond donors (Lipinski definition) is 3. The first kappa shape index (κ1) is 15.3. The molecule has 0 spiro atoms. The molecule has 0 radical (unpaired) electrons. The van der Waals surface area contributed by atoms with E-state index in [1.807, 2.05) is 6.92 Å². The number of benzene rings is 1. The van der Waals surface area contributed by atoms with Gasteiger partial charge in [0.1, 0.15) is 0 Å². The first-order chi connectivity index (χ1) is 10.1. The molecule has 2 rings (SSSR count). The van der Waals surface area contributed by atoms with Crippen molar-refractivity contribution in [3.8, 4) is 0 Å². The zero-order chi connectivity index (χ0) is 15.2. The molecule has 0 atom stereocenters. The molecule has 0 saturated carbocycles. The van der Waals surface area contributed by atoms with Crippen LogP contribution in [0.4, 0.5) is 10.5 Å². The van der Waals surface area contributed by atoms with Gasteiger partial charge in [0, 0.05) is 12.6 Å². The molecule has 1 fully saturated rings. The smallest absolute Gasteiger partial charge is 0.337 e. The number of hydrogen-bond acceptors (Lipinski definition) is 3. The minimum atomic E-state index is -1.05. The maximum atomic E-state index is 12.4. The lowest BCUT2D eigenvalue weighted by atomic mass is 10.1. The number of amides is 2. The fourth-order valence-corrected chi connectivity index (χ4v) is 2.65. The molecule has 0 aromatic heterocycles. The molecule has 0 unspecified atom stereocenters. The van der Waals surface area contributed by atoms with Crippen molar-refractivity contribution in [3.63, 3.8) is 0 Å². The molecule has 3 N–H and O–H groups in total. The Morgan fingerprint density at radius 3 is 2.62 bits per heavy atom. The van der Waals surface area contributed by atoms with Gasteiger partial charge >= 0.3 is 12.0 Å². The molecule has 1 aromatic rings. The highest BCUT2D eigenvalue weighted by atomic mass is 16.4. The van der Waals surface area contributed by atoms with Gasteiger partial charge in [0.15, 0.2) is 0 Å². The Balaban J connectivity index is 2.10. The summed E-state index contributed by atoms with van der Waals surface area (Å²) in [4.78, 5) is 25.4. The van der Waals surface area contributed by atoms with Crippen LogP contribution in [-0.4, -0.2) is 47.7 Å². The largest absolute Gasteiger partial charge is 0.478 e. The molecular formula is C15H21N3O3. The number of nitrogens with one attached hydrogen (secondary N) is 2. The number of nitrogens with zero attached hydrogens (tertiary/aromatic N) is 1. The van der Waals surface area contributed by atoms with Crippen molar-refractivity contribution in [3.05, 3.63) is 29.8 Å². The number of aromatic carboxylic acids is 1. The topological polar surface area (TPSA) is 81.7 Å². The van der Waals surface area contributed by atoms with E-state index >= 15 is 0 Å². The van der Waals surface area contributed by atoms with Crippen molar-refractivity contribution in [2.24, 2.45) is 0 Å². The zero-order valence-corrected chi connectivity index (χ0v) is 12.1. The van der Waals surface area contributed by atoms with Crippen molar-refractivity contribution in [1.82, 2.24) is 10.2 Å². The summed E-state index contributed by atoms with van der Waals surface area (Å²) in [5, 5.41) is 15.1. The van der Waals surface area contributed by atoms with E-state index in [-0.39, 0.29) is 17.6 Å². The number of para-hydroxylation sites is 1. The second-order valence-electron chi connectivity index (χ2n) is 5.05. The van der Waals surface area contributed by atoms with Crippen LogP contribution in [0, 0.1) is 0 Å². The Labute approximate surface area is 124 Å². The Morgan fingerprint density at radius 1 is 1.33 bits per heavy atom. The normalized spacial score (nSPS) is 15.5. The van der Waals surface area contributed by atoms with Crippen LogP contribution in [0.15, 0.2) is 24.3 Å². The molecule has 6 heteroatoms. The molecule has 6 nitrogen and oxygen atoms in total. The van der Waals surface area contributed by atoms with Crippen LogP contribution in [0.1, 0.15) is 30.1 Å². The molecule has 1 aliphatic heterocycles. The minimum Gasteiger partial charge on any atom is -0.478 e. The highest BCUT2D eigenvalue weighted by molar-refractivity contribution is 6.00. The van der Waals surface area contributed by atoms with Gasteiger partial charge in [-0.2, -0.15) is 0 Å². The van der Waals surface area contributed by atoms with Crippen LogP contribution < -0.4 is 10.6 Å². The molecule has 1 aromatic carbocycles. The van der Waals surface area contributed by atoms with Crippen LogP contribution in [0.5, 0.6) is 0 Å². The average molecular weight is 291 g/mol. The van der Waals surface area contributed by atoms with E-state index in [1.165, 1.54) is 6.07 Å². The van der Waals surface area contributed by atoms with E-state index in [0.717, 1.165) is 25.9 Å². The number of carboxylic acid groups (broad SMARTS) is 1. The summed E-state index contributed by atoms with van der Waals surface area (Å²) in [5.74, 6) is -1.05. The molecule has 114 valence electrons. The second-order valence-corrected chi connectivity index (χ2v) is 5.05. The molecular weight excluding hydrogens is 270 g/mol. The predicted molar refractivity (Wildman–Crippen MR) is 80.7 cm³/mol. The number of urea groups is 1. The molecule has 1 saturated heterocycles. The fourth-order valence-electron chi connectivity index (χ4n) is 2.65. The van der Waals surface area contributed by atoms with Crippen molar-refractivity contribution < 1.29 is 14.7 Å². The fraction of sp³-hybridized carbons (Fsp3) is 0.467. The highest BCUT2D eigenvalue weighted by Crippen LogP contribution is 2.18. The van der Waals surface area contributed by atoms with Crippen LogP contribution in [0.25, 0.3) is 0 Å². The summed E-state index contributed by atoms with van der Waals surface area (Å²) in [6, 6.07) is 6.41. The summed E-state index contributed by atoms with van der Waals surface area (Å²) in [6.45, 7) is 4.34. The van der Waals surface area contributed by atoms with Gasteiger partial charge in [0.25, 0.3) is 0 Å². The van der Waals surface area contributed by atoms with Gasteiger partial charge in [0.2, 0.25) is 0 Å². The van der Waals surface area contributed by atoms with Gasteiger partial charge in [-0.05, 0) is 45.0 Å². The summed E-state index contributed by atoms with van der Waals surface area (Å²) in [5.41, 5.74) is 0.439. The molecule has 0 aliphatic carbocycles.